The fourth-order valence-electron chi connectivity index (χ4n) is 2.10. The Morgan fingerprint density at radius 1 is 0.870 bits per heavy atom. The second-order valence-corrected chi connectivity index (χ2v) is 5.14. The second kappa shape index (κ2) is 8.70. The van der Waals surface area contributed by atoms with Crippen molar-refractivity contribution >= 4 is 11.8 Å². The second-order valence-electron chi connectivity index (χ2n) is 5.14. The third-order valence-corrected chi connectivity index (χ3v) is 3.39. The van der Waals surface area contributed by atoms with E-state index < -0.39 is 17.9 Å². The molecule has 0 aliphatic heterocycles. The number of hydrogen-bond donors (Lipinski definition) is 3. The van der Waals surface area contributed by atoms with Crippen LogP contribution in [0.4, 0.5) is 0 Å². The Balaban J connectivity index is 1.69. The molecule has 23 heavy (non-hydrogen) atoms. The minimum atomic E-state index is -0.693. The maximum atomic E-state index is 11.7. The molecule has 1 unspecified atom stereocenters. The molecule has 5 nitrogen and oxygen atoms in total. The average molecular weight is 312 g/mol. The first kappa shape index (κ1) is 16.7. The van der Waals surface area contributed by atoms with Crippen molar-refractivity contribution in [1.29, 1.82) is 0 Å². The van der Waals surface area contributed by atoms with E-state index in [1.807, 2.05) is 60.7 Å². The van der Waals surface area contributed by atoms with Crippen LogP contribution in [0.1, 0.15) is 23.7 Å². The maximum Gasteiger partial charge on any atom is 0.309 e. The molecule has 0 saturated carbocycles. The summed E-state index contributed by atoms with van der Waals surface area (Å²) in [5.41, 5.74) is 1.71. The monoisotopic (exact) mass is 312 g/mol. The Morgan fingerprint density at radius 3 is 2.09 bits per heavy atom. The van der Waals surface area contributed by atoms with Crippen LogP contribution in [0.5, 0.6) is 0 Å². The van der Waals surface area contributed by atoms with E-state index >= 15 is 0 Å². The van der Waals surface area contributed by atoms with Gasteiger partial charge < -0.3 is 15.7 Å². The molecule has 2 rings (SSSR count). The van der Waals surface area contributed by atoms with Gasteiger partial charge in [-0.05, 0) is 17.5 Å². The Morgan fingerprint density at radius 2 is 1.43 bits per heavy atom. The van der Waals surface area contributed by atoms with Gasteiger partial charge in [0, 0.05) is 13.1 Å². The van der Waals surface area contributed by atoms with Crippen molar-refractivity contribution in [2.45, 2.75) is 19.1 Å². The molecule has 0 aromatic heterocycles. The van der Waals surface area contributed by atoms with Crippen LogP contribution in [-0.2, 0) is 16.1 Å². The number of carbonyl (C=O) groups is 2. The van der Waals surface area contributed by atoms with E-state index in [1.165, 1.54) is 0 Å². The van der Waals surface area contributed by atoms with Crippen LogP contribution in [0.25, 0.3) is 0 Å². The third kappa shape index (κ3) is 5.56. The number of nitrogens with one attached hydrogen (secondary N) is 2. The lowest BCUT2D eigenvalue weighted by Crippen LogP contribution is -2.40. The van der Waals surface area contributed by atoms with Crippen molar-refractivity contribution in [2.24, 2.45) is 0 Å². The quantitative estimate of drug-likeness (QED) is 0.708. The molecule has 2 amide bonds. The van der Waals surface area contributed by atoms with Crippen LogP contribution in [0.15, 0.2) is 60.7 Å². The molecule has 0 aliphatic rings. The van der Waals surface area contributed by atoms with E-state index in [2.05, 4.69) is 10.6 Å². The van der Waals surface area contributed by atoms with E-state index in [9.17, 15) is 14.7 Å². The van der Waals surface area contributed by atoms with Gasteiger partial charge in [0.15, 0.2) is 0 Å². The first-order valence-corrected chi connectivity index (χ1v) is 7.50. The molecule has 2 aromatic carbocycles. The average Bonchev–Trinajstić information content (AvgIpc) is 2.61. The first-order chi connectivity index (χ1) is 11.2. The van der Waals surface area contributed by atoms with Crippen molar-refractivity contribution in [1.82, 2.24) is 10.6 Å². The van der Waals surface area contributed by atoms with Crippen LogP contribution in [-0.4, -0.2) is 23.5 Å². The van der Waals surface area contributed by atoms with Gasteiger partial charge >= 0.3 is 11.8 Å². The summed E-state index contributed by atoms with van der Waals surface area (Å²) < 4.78 is 0. The van der Waals surface area contributed by atoms with Crippen LogP contribution in [0.3, 0.4) is 0 Å². The van der Waals surface area contributed by atoms with E-state index in [0.29, 0.717) is 13.0 Å². The third-order valence-electron chi connectivity index (χ3n) is 3.39. The number of carbonyl (C=O) groups excluding carboxylic acids is 2. The molecule has 0 aliphatic carbocycles. The van der Waals surface area contributed by atoms with Crippen molar-refractivity contribution in [3.63, 3.8) is 0 Å². The largest absolute Gasteiger partial charge is 0.388 e. The van der Waals surface area contributed by atoms with Crippen LogP contribution < -0.4 is 10.6 Å². The Kier molecular flexibility index (Phi) is 6.32. The van der Waals surface area contributed by atoms with Crippen LogP contribution in [0.2, 0.25) is 0 Å². The molecular weight excluding hydrogens is 292 g/mol. The van der Waals surface area contributed by atoms with Crippen LogP contribution >= 0.6 is 0 Å². The summed E-state index contributed by atoms with van der Waals surface area (Å²) in [7, 11) is 0. The van der Waals surface area contributed by atoms with Gasteiger partial charge in [0.1, 0.15) is 0 Å². The molecule has 2 aromatic rings. The predicted octanol–water partition coefficient (Wildman–Crippen LogP) is 1.54. The van der Waals surface area contributed by atoms with E-state index in [1.54, 1.807) is 0 Å². The van der Waals surface area contributed by atoms with Gasteiger partial charge in [0.05, 0.1) is 6.10 Å². The number of hydrogen-bond acceptors (Lipinski definition) is 3. The Bertz CT molecular complexity index is 629. The fraction of sp³-hybridized carbons (Fsp3) is 0.222. The smallest absolute Gasteiger partial charge is 0.309 e. The number of aliphatic hydroxyl groups is 1. The highest BCUT2D eigenvalue weighted by Gasteiger charge is 2.13. The summed E-state index contributed by atoms with van der Waals surface area (Å²) in [6.07, 6.45) is -0.314. The lowest BCUT2D eigenvalue weighted by Gasteiger charge is -2.11. The summed E-state index contributed by atoms with van der Waals surface area (Å²) >= 11 is 0. The summed E-state index contributed by atoms with van der Waals surface area (Å²) in [6, 6.07) is 18.5. The van der Waals surface area contributed by atoms with Crippen molar-refractivity contribution in [2.75, 3.05) is 6.54 Å². The molecule has 0 heterocycles. The van der Waals surface area contributed by atoms with E-state index in [4.69, 9.17) is 0 Å². The molecule has 0 fully saturated rings. The van der Waals surface area contributed by atoms with Gasteiger partial charge in [-0.25, -0.2) is 0 Å². The molecule has 120 valence electrons. The molecule has 3 N–H and O–H groups in total. The predicted molar refractivity (Wildman–Crippen MR) is 87.3 cm³/mol. The minimum absolute atomic E-state index is 0.230. The summed E-state index contributed by atoms with van der Waals surface area (Å²) in [4.78, 5) is 23.4. The highest BCUT2D eigenvalue weighted by atomic mass is 16.3. The molecule has 0 radical (unpaired) electrons. The normalized spacial score (nSPS) is 11.5. The van der Waals surface area contributed by atoms with Gasteiger partial charge in [-0.15, -0.1) is 0 Å². The highest BCUT2D eigenvalue weighted by Crippen LogP contribution is 2.14. The maximum absolute atomic E-state index is 11.7. The molecule has 5 heteroatoms. The number of benzene rings is 2. The number of rotatable bonds is 6. The fourth-order valence-corrected chi connectivity index (χ4v) is 2.10. The molecular formula is C18H20N2O3. The Labute approximate surface area is 135 Å². The number of aliphatic hydroxyl groups excluding tert-OH is 1. The topological polar surface area (TPSA) is 78.4 Å². The zero-order chi connectivity index (χ0) is 16.5. The van der Waals surface area contributed by atoms with Crippen LogP contribution in [0, 0.1) is 0 Å². The van der Waals surface area contributed by atoms with Gasteiger partial charge in [0.25, 0.3) is 0 Å². The van der Waals surface area contributed by atoms with Gasteiger partial charge in [0.2, 0.25) is 0 Å². The first-order valence-electron chi connectivity index (χ1n) is 7.50. The van der Waals surface area contributed by atoms with Gasteiger partial charge in [-0.1, -0.05) is 60.7 Å². The Hall–Kier alpha value is -2.66. The molecule has 0 bridgehead atoms. The lowest BCUT2D eigenvalue weighted by molar-refractivity contribution is -0.139. The minimum Gasteiger partial charge on any atom is -0.388 e. The molecule has 0 saturated heterocycles. The SMILES string of the molecule is O=C(NCCC(O)c1ccccc1)C(=O)NCc1ccccc1. The van der Waals surface area contributed by atoms with E-state index in [0.717, 1.165) is 11.1 Å². The van der Waals surface area contributed by atoms with Crippen molar-refractivity contribution in [3.8, 4) is 0 Å². The highest BCUT2D eigenvalue weighted by molar-refractivity contribution is 6.35. The summed E-state index contributed by atoms with van der Waals surface area (Å²) in [5.74, 6) is -1.37. The van der Waals surface area contributed by atoms with Crippen molar-refractivity contribution < 1.29 is 14.7 Å². The molecule has 1 atom stereocenters. The zero-order valence-electron chi connectivity index (χ0n) is 12.7. The standard InChI is InChI=1S/C18H20N2O3/c21-16(15-9-5-2-6-10-15)11-12-19-17(22)18(23)20-13-14-7-3-1-4-8-14/h1-10,16,21H,11-13H2,(H,19,22)(H,20,23). The summed E-state index contributed by atoms with van der Waals surface area (Å²) in [5, 5.41) is 15.0. The summed E-state index contributed by atoms with van der Waals surface area (Å²) in [6.45, 7) is 0.535. The lowest BCUT2D eigenvalue weighted by atomic mass is 10.1. The van der Waals surface area contributed by atoms with Crippen molar-refractivity contribution in [3.05, 3.63) is 71.8 Å². The molecule has 0 spiro atoms. The van der Waals surface area contributed by atoms with Gasteiger partial charge in [-0.2, -0.15) is 0 Å². The van der Waals surface area contributed by atoms with Gasteiger partial charge in [-0.3, -0.25) is 9.59 Å². The zero-order valence-corrected chi connectivity index (χ0v) is 12.7. The van der Waals surface area contributed by atoms with E-state index in [-0.39, 0.29) is 6.54 Å². The number of amides is 2.